The van der Waals surface area contributed by atoms with Crippen LogP contribution < -0.4 is 0 Å². The Hall–Kier alpha value is -2.61. The van der Waals surface area contributed by atoms with Crippen LogP contribution in [-0.2, 0) is 0 Å². The highest BCUT2D eigenvalue weighted by atomic mass is 14.9. The molecule has 0 spiro atoms. The van der Waals surface area contributed by atoms with Gasteiger partial charge in [-0.3, -0.25) is 0 Å². The van der Waals surface area contributed by atoms with E-state index >= 15 is 0 Å². The summed E-state index contributed by atoms with van der Waals surface area (Å²) in [5.41, 5.74) is 4.41. The van der Waals surface area contributed by atoms with E-state index in [1.54, 1.807) is 6.33 Å². The standard InChI is InChI=1S/C17H14N2/c1-3-7-14(8-4-1)11-16(17-12-18-13-19-17)15-9-5-2-6-10-15/h1-13H,(H,18,19)/b16-11-. The normalized spacial score (nSPS) is 11.5. The fraction of sp³-hybridized carbons (Fsp3) is 0. The lowest BCUT2D eigenvalue weighted by Crippen LogP contribution is -1.88. The van der Waals surface area contributed by atoms with Gasteiger partial charge in [-0.15, -0.1) is 0 Å². The first-order chi connectivity index (χ1) is 9.43. The fourth-order valence-electron chi connectivity index (χ4n) is 2.05. The summed E-state index contributed by atoms with van der Waals surface area (Å²) in [5.74, 6) is 0. The minimum absolute atomic E-state index is 0.954. The number of aromatic nitrogens is 2. The zero-order valence-corrected chi connectivity index (χ0v) is 10.5. The van der Waals surface area contributed by atoms with Crippen molar-refractivity contribution in [1.29, 1.82) is 0 Å². The third-order valence-electron chi connectivity index (χ3n) is 2.97. The average Bonchev–Trinajstić information content (AvgIpc) is 3.01. The number of rotatable bonds is 3. The number of nitrogens with zero attached hydrogens (tertiary/aromatic N) is 1. The van der Waals surface area contributed by atoms with Crippen molar-refractivity contribution < 1.29 is 0 Å². The van der Waals surface area contributed by atoms with Crippen LogP contribution in [0.5, 0.6) is 0 Å². The van der Waals surface area contributed by atoms with Gasteiger partial charge in [0.1, 0.15) is 0 Å². The topological polar surface area (TPSA) is 28.7 Å². The molecular weight excluding hydrogens is 232 g/mol. The maximum Gasteiger partial charge on any atom is 0.0927 e. The first kappa shape index (κ1) is 11.5. The largest absolute Gasteiger partial charge is 0.351 e. The van der Waals surface area contributed by atoms with Crippen molar-refractivity contribution in [3.8, 4) is 0 Å². The third-order valence-corrected chi connectivity index (χ3v) is 2.97. The zero-order chi connectivity index (χ0) is 12.9. The third kappa shape index (κ3) is 2.63. The van der Waals surface area contributed by atoms with Crippen molar-refractivity contribution in [1.82, 2.24) is 9.97 Å². The van der Waals surface area contributed by atoms with E-state index < -0.39 is 0 Å². The lowest BCUT2D eigenvalue weighted by molar-refractivity contribution is 1.30. The maximum absolute atomic E-state index is 4.37. The van der Waals surface area contributed by atoms with Crippen molar-refractivity contribution in [3.63, 3.8) is 0 Å². The molecule has 0 unspecified atom stereocenters. The van der Waals surface area contributed by atoms with E-state index in [1.807, 2.05) is 42.6 Å². The van der Waals surface area contributed by atoms with Crippen LogP contribution in [0.15, 0.2) is 73.2 Å². The molecule has 1 heterocycles. The molecule has 0 atom stereocenters. The van der Waals surface area contributed by atoms with Crippen molar-refractivity contribution in [2.45, 2.75) is 0 Å². The first-order valence-electron chi connectivity index (χ1n) is 6.25. The smallest absolute Gasteiger partial charge is 0.0927 e. The minimum Gasteiger partial charge on any atom is -0.351 e. The summed E-state index contributed by atoms with van der Waals surface area (Å²) < 4.78 is 0. The molecule has 0 fully saturated rings. The Bertz CT molecular complexity index is 653. The molecule has 1 N–H and O–H groups in total. The second-order valence-electron chi connectivity index (χ2n) is 4.29. The molecule has 0 aliphatic carbocycles. The molecule has 19 heavy (non-hydrogen) atoms. The van der Waals surface area contributed by atoms with Crippen LogP contribution in [0.3, 0.4) is 0 Å². The zero-order valence-electron chi connectivity index (χ0n) is 10.5. The van der Waals surface area contributed by atoms with Gasteiger partial charge in [-0.05, 0) is 17.2 Å². The molecule has 0 saturated carbocycles. The van der Waals surface area contributed by atoms with E-state index in [-0.39, 0.29) is 0 Å². The summed E-state index contributed by atoms with van der Waals surface area (Å²) in [4.78, 5) is 7.38. The van der Waals surface area contributed by atoms with Gasteiger partial charge in [-0.2, -0.15) is 0 Å². The summed E-state index contributed by atoms with van der Waals surface area (Å²) in [6.45, 7) is 0. The highest BCUT2D eigenvalue weighted by Crippen LogP contribution is 2.23. The minimum atomic E-state index is 0.954. The molecule has 0 aliphatic heterocycles. The Morgan fingerprint density at radius 1 is 0.895 bits per heavy atom. The van der Waals surface area contributed by atoms with Gasteiger partial charge in [-0.25, -0.2) is 4.98 Å². The van der Waals surface area contributed by atoms with Crippen molar-refractivity contribution in [3.05, 3.63) is 90.0 Å². The monoisotopic (exact) mass is 246 g/mol. The second-order valence-corrected chi connectivity index (χ2v) is 4.29. The quantitative estimate of drug-likeness (QED) is 0.695. The predicted octanol–water partition coefficient (Wildman–Crippen LogP) is 4.00. The fourth-order valence-corrected chi connectivity index (χ4v) is 2.05. The lowest BCUT2D eigenvalue weighted by Gasteiger charge is -2.05. The molecule has 2 heteroatoms. The maximum atomic E-state index is 4.37. The summed E-state index contributed by atoms with van der Waals surface area (Å²) in [6.07, 6.45) is 5.78. The molecule has 2 aromatic carbocycles. The summed E-state index contributed by atoms with van der Waals surface area (Å²) in [7, 11) is 0. The van der Waals surface area contributed by atoms with Gasteiger partial charge in [0, 0.05) is 11.8 Å². The number of benzene rings is 2. The molecular formula is C17H14N2. The van der Waals surface area contributed by atoms with Crippen molar-refractivity contribution in [2.75, 3.05) is 0 Å². The second kappa shape index (κ2) is 5.36. The van der Waals surface area contributed by atoms with Crippen LogP contribution in [0.4, 0.5) is 0 Å². The first-order valence-corrected chi connectivity index (χ1v) is 6.25. The molecule has 2 nitrogen and oxygen atoms in total. The Kier molecular flexibility index (Phi) is 3.24. The number of hydrogen-bond donors (Lipinski definition) is 1. The van der Waals surface area contributed by atoms with Gasteiger partial charge in [0.15, 0.2) is 0 Å². The van der Waals surface area contributed by atoms with Crippen LogP contribution in [0, 0.1) is 0 Å². The Labute approximate surface area is 112 Å². The SMILES string of the molecule is C(=C(\c1ccccc1)c1c[nH]cn1)/c1ccccc1. The van der Waals surface area contributed by atoms with E-state index in [9.17, 15) is 0 Å². The number of H-pyrrole nitrogens is 1. The van der Waals surface area contributed by atoms with Gasteiger partial charge < -0.3 is 4.98 Å². The average molecular weight is 246 g/mol. The van der Waals surface area contributed by atoms with E-state index in [2.05, 4.69) is 40.3 Å². The molecule has 3 aromatic rings. The Morgan fingerprint density at radius 3 is 2.21 bits per heavy atom. The summed E-state index contributed by atoms with van der Waals surface area (Å²) in [5, 5.41) is 0. The summed E-state index contributed by atoms with van der Waals surface area (Å²) in [6, 6.07) is 20.6. The Balaban J connectivity index is 2.10. The predicted molar refractivity (Wildman–Crippen MR) is 78.4 cm³/mol. The molecule has 92 valence electrons. The molecule has 0 bridgehead atoms. The van der Waals surface area contributed by atoms with Crippen LogP contribution in [0.2, 0.25) is 0 Å². The lowest BCUT2D eigenvalue weighted by atomic mass is 10.0. The van der Waals surface area contributed by atoms with Gasteiger partial charge in [0.25, 0.3) is 0 Å². The van der Waals surface area contributed by atoms with Gasteiger partial charge >= 0.3 is 0 Å². The van der Waals surface area contributed by atoms with E-state index in [1.165, 1.54) is 11.1 Å². The van der Waals surface area contributed by atoms with Gasteiger partial charge in [-0.1, -0.05) is 60.7 Å². The van der Waals surface area contributed by atoms with Gasteiger partial charge in [0.05, 0.1) is 12.0 Å². The van der Waals surface area contributed by atoms with Crippen LogP contribution in [0.25, 0.3) is 11.6 Å². The number of hydrogen-bond acceptors (Lipinski definition) is 1. The highest BCUT2D eigenvalue weighted by Gasteiger charge is 2.06. The highest BCUT2D eigenvalue weighted by molar-refractivity contribution is 5.89. The van der Waals surface area contributed by atoms with E-state index in [0.717, 1.165) is 11.3 Å². The van der Waals surface area contributed by atoms with Crippen molar-refractivity contribution in [2.24, 2.45) is 0 Å². The number of nitrogens with one attached hydrogen (secondary N) is 1. The van der Waals surface area contributed by atoms with E-state index in [0.29, 0.717) is 0 Å². The molecule has 3 rings (SSSR count). The van der Waals surface area contributed by atoms with Crippen LogP contribution >= 0.6 is 0 Å². The molecule has 0 radical (unpaired) electrons. The molecule has 0 amide bonds. The molecule has 0 aliphatic rings. The van der Waals surface area contributed by atoms with Crippen molar-refractivity contribution >= 4 is 11.6 Å². The van der Waals surface area contributed by atoms with Crippen LogP contribution in [-0.4, -0.2) is 9.97 Å². The number of imidazole rings is 1. The summed E-state index contributed by atoms with van der Waals surface area (Å²) >= 11 is 0. The Morgan fingerprint density at radius 2 is 1.58 bits per heavy atom. The van der Waals surface area contributed by atoms with E-state index in [4.69, 9.17) is 0 Å². The molecule has 1 aromatic heterocycles. The molecule has 0 saturated heterocycles. The van der Waals surface area contributed by atoms with Crippen LogP contribution in [0.1, 0.15) is 16.8 Å². The van der Waals surface area contributed by atoms with Gasteiger partial charge in [0.2, 0.25) is 0 Å². The number of aromatic amines is 1.